The second-order valence-corrected chi connectivity index (χ2v) is 6.09. The topological polar surface area (TPSA) is 6.48 Å². The number of rotatable bonds is 2. The fourth-order valence-electron chi connectivity index (χ4n) is 1.76. The number of benzene rings is 2. The highest BCUT2D eigenvalue weighted by atomic mass is 32.1. The van der Waals surface area contributed by atoms with Crippen molar-refractivity contribution >= 4 is 69.7 Å². The lowest BCUT2D eigenvalue weighted by Crippen LogP contribution is -2.46. The zero-order chi connectivity index (χ0) is 14.5. The normalized spacial score (nSPS) is 9.90. The van der Waals surface area contributed by atoms with Crippen molar-refractivity contribution < 1.29 is 0 Å². The summed E-state index contributed by atoms with van der Waals surface area (Å²) >= 11 is 19.1. The van der Waals surface area contributed by atoms with Crippen LogP contribution in [0, 0.1) is 0 Å². The Morgan fingerprint density at radius 1 is 0.650 bits per heavy atom. The SMILES string of the molecule is S=C(S)N(c1ccccc1)N(C(=S)S)c1ccccc1. The molecular formula is C14H12N2S4. The fraction of sp³-hybridized carbons (Fsp3) is 0. The molecule has 2 aromatic rings. The van der Waals surface area contributed by atoms with E-state index < -0.39 is 0 Å². The first-order valence-electron chi connectivity index (χ1n) is 5.77. The molecule has 0 amide bonds. The quantitative estimate of drug-likeness (QED) is 0.478. The molecule has 0 heterocycles. The van der Waals surface area contributed by atoms with Crippen LogP contribution in [0.5, 0.6) is 0 Å². The lowest BCUT2D eigenvalue weighted by molar-refractivity contribution is 1.10. The standard InChI is InChI=1S/C14H12N2S4/c17-13(18)15(11-7-3-1-4-8-11)16(14(19)20)12-9-5-2-6-10-12/h1-10H,(H,17,18)(H,19,20). The second-order valence-electron chi connectivity index (χ2n) is 3.86. The van der Waals surface area contributed by atoms with E-state index >= 15 is 0 Å². The van der Waals surface area contributed by atoms with Crippen molar-refractivity contribution in [1.82, 2.24) is 0 Å². The van der Waals surface area contributed by atoms with Crippen molar-refractivity contribution in [1.29, 1.82) is 0 Å². The van der Waals surface area contributed by atoms with Gasteiger partial charge in [-0.05, 0) is 24.3 Å². The molecule has 0 aliphatic heterocycles. The molecule has 0 aliphatic carbocycles. The Bertz CT molecular complexity index is 546. The minimum atomic E-state index is 0.386. The number of thiol groups is 2. The number of hydrazine groups is 1. The maximum Gasteiger partial charge on any atom is 0.157 e. The first kappa shape index (κ1) is 15.3. The summed E-state index contributed by atoms with van der Waals surface area (Å²) in [4.78, 5) is 0. The van der Waals surface area contributed by atoms with Gasteiger partial charge in [0.2, 0.25) is 0 Å². The largest absolute Gasteiger partial charge is 0.231 e. The van der Waals surface area contributed by atoms with E-state index in [9.17, 15) is 0 Å². The van der Waals surface area contributed by atoms with Gasteiger partial charge in [0.15, 0.2) is 8.64 Å². The van der Waals surface area contributed by atoms with Crippen molar-refractivity contribution in [3.05, 3.63) is 60.7 Å². The lowest BCUT2D eigenvalue weighted by atomic mass is 10.3. The first-order chi connectivity index (χ1) is 9.61. The summed E-state index contributed by atoms with van der Waals surface area (Å²) in [7, 11) is 0. The molecule has 0 unspecified atom stereocenters. The summed E-state index contributed by atoms with van der Waals surface area (Å²) in [5.41, 5.74) is 1.74. The van der Waals surface area contributed by atoms with E-state index in [2.05, 4.69) is 25.3 Å². The molecule has 20 heavy (non-hydrogen) atoms. The van der Waals surface area contributed by atoms with E-state index in [0.717, 1.165) is 11.4 Å². The summed E-state index contributed by atoms with van der Waals surface area (Å²) in [6.45, 7) is 0. The highest BCUT2D eigenvalue weighted by Gasteiger charge is 2.21. The van der Waals surface area contributed by atoms with E-state index in [-0.39, 0.29) is 0 Å². The van der Waals surface area contributed by atoms with Crippen LogP contribution in [0.2, 0.25) is 0 Å². The van der Waals surface area contributed by atoms with Crippen LogP contribution in [0.4, 0.5) is 11.4 Å². The van der Waals surface area contributed by atoms with Gasteiger partial charge in [-0.3, -0.25) is 0 Å². The van der Waals surface area contributed by atoms with Gasteiger partial charge in [0, 0.05) is 0 Å². The molecule has 0 fully saturated rings. The Kier molecular flexibility index (Phi) is 5.42. The maximum absolute atomic E-state index is 5.25. The van der Waals surface area contributed by atoms with E-state index in [1.807, 2.05) is 60.7 Å². The smallest absolute Gasteiger partial charge is 0.157 e. The van der Waals surface area contributed by atoms with Gasteiger partial charge in [-0.25, -0.2) is 10.0 Å². The Balaban J connectivity index is 2.50. The number of hydrogen-bond acceptors (Lipinski definition) is 2. The molecule has 2 rings (SSSR count). The molecule has 0 bridgehead atoms. The molecule has 0 saturated heterocycles. The Hall–Kier alpha value is -1.08. The average Bonchev–Trinajstić information content (AvgIpc) is 2.45. The molecule has 0 saturated carbocycles. The van der Waals surface area contributed by atoms with Crippen LogP contribution in [0.3, 0.4) is 0 Å². The number of hydrogen-bond donors (Lipinski definition) is 2. The molecule has 0 aromatic heterocycles. The van der Waals surface area contributed by atoms with Crippen LogP contribution in [0.15, 0.2) is 60.7 Å². The Morgan fingerprint density at radius 3 is 1.20 bits per heavy atom. The van der Waals surface area contributed by atoms with Crippen LogP contribution in [-0.4, -0.2) is 8.64 Å². The Labute approximate surface area is 140 Å². The molecule has 0 radical (unpaired) electrons. The van der Waals surface area contributed by atoms with Crippen LogP contribution in [0.1, 0.15) is 0 Å². The van der Waals surface area contributed by atoms with E-state index in [0.29, 0.717) is 8.64 Å². The highest BCUT2D eigenvalue weighted by Crippen LogP contribution is 2.25. The zero-order valence-corrected chi connectivity index (χ0v) is 13.8. The van der Waals surface area contributed by atoms with Gasteiger partial charge in [0.05, 0.1) is 11.4 Å². The van der Waals surface area contributed by atoms with E-state index in [4.69, 9.17) is 24.4 Å². The minimum Gasteiger partial charge on any atom is -0.231 e. The number of anilines is 2. The van der Waals surface area contributed by atoms with Gasteiger partial charge in [-0.15, -0.1) is 25.3 Å². The zero-order valence-electron chi connectivity index (χ0n) is 10.4. The van der Waals surface area contributed by atoms with Crippen molar-refractivity contribution in [2.24, 2.45) is 0 Å². The molecule has 102 valence electrons. The molecule has 2 nitrogen and oxygen atoms in total. The fourth-order valence-corrected chi connectivity index (χ4v) is 2.55. The average molecular weight is 337 g/mol. The second kappa shape index (κ2) is 7.08. The number of nitrogens with zero attached hydrogens (tertiary/aromatic N) is 2. The Morgan fingerprint density at radius 2 is 0.950 bits per heavy atom. The third kappa shape index (κ3) is 3.52. The van der Waals surface area contributed by atoms with Crippen LogP contribution in [0.25, 0.3) is 0 Å². The number of thiocarbonyl (C=S) groups is 2. The molecule has 0 N–H and O–H groups in total. The summed E-state index contributed by atoms with van der Waals surface area (Å²) < 4.78 is 0.771. The van der Waals surface area contributed by atoms with Gasteiger partial charge in [-0.2, -0.15) is 0 Å². The highest BCUT2D eigenvalue weighted by molar-refractivity contribution is 8.12. The molecule has 2 aromatic carbocycles. The first-order valence-corrected chi connectivity index (χ1v) is 7.48. The van der Waals surface area contributed by atoms with E-state index in [1.54, 1.807) is 10.0 Å². The van der Waals surface area contributed by atoms with Crippen molar-refractivity contribution in [2.75, 3.05) is 10.0 Å². The van der Waals surface area contributed by atoms with Gasteiger partial charge in [-0.1, -0.05) is 60.8 Å². The van der Waals surface area contributed by atoms with Crippen LogP contribution < -0.4 is 10.0 Å². The van der Waals surface area contributed by atoms with Crippen molar-refractivity contribution in [3.8, 4) is 0 Å². The lowest BCUT2D eigenvalue weighted by Gasteiger charge is -2.35. The van der Waals surface area contributed by atoms with Crippen LogP contribution in [-0.2, 0) is 0 Å². The summed E-state index contributed by atoms with van der Waals surface area (Å²) in [6, 6.07) is 19.3. The monoisotopic (exact) mass is 336 g/mol. The predicted octanol–water partition coefficient (Wildman–Crippen LogP) is 4.34. The molecule has 6 heteroatoms. The summed E-state index contributed by atoms with van der Waals surface area (Å²) in [6.07, 6.45) is 0. The van der Waals surface area contributed by atoms with Gasteiger partial charge < -0.3 is 0 Å². The molecule has 0 spiro atoms. The third-order valence-electron chi connectivity index (χ3n) is 2.56. The summed E-state index contributed by atoms with van der Waals surface area (Å²) in [5.74, 6) is 0. The maximum atomic E-state index is 5.25. The van der Waals surface area contributed by atoms with Crippen molar-refractivity contribution in [2.45, 2.75) is 0 Å². The number of para-hydroxylation sites is 2. The molecular weight excluding hydrogens is 324 g/mol. The van der Waals surface area contributed by atoms with Crippen LogP contribution >= 0.6 is 49.7 Å². The molecule has 0 aliphatic rings. The van der Waals surface area contributed by atoms with E-state index in [1.165, 1.54) is 0 Å². The van der Waals surface area contributed by atoms with Gasteiger partial charge >= 0.3 is 0 Å². The van der Waals surface area contributed by atoms with Crippen molar-refractivity contribution in [3.63, 3.8) is 0 Å². The van der Waals surface area contributed by atoms with Gasteiger partial charge in [0.1, 0.15) is 0 Å². The summed E-state index contributed by atoms with van der Waals surface area (Å²) in [5, 5.41) is 3.48. The molecule has 0 atom stereocenters. The third-order valence-corrected chi connectivity index (χ3v) is 3.29. The van der Waals surface area contributed by atoms with Gasteiger partial charge in [0.25, 0.3) is 0 Å². The minimum absolute atomic E-state index is 0.386. The predicted molar refractivity (Wildman–Crippen MR) is 101 cm³/mol.